The minimum Gasteiger partial charge on any atom is -0.486 e. The minimum atomic E-state index is 0.0907. The highest BCUT2D eigenvalue weighted by atomic mass is 16.6. The Morgan fingerprint density at radius 3 is 2.50 bits per heavy atom. The van der Waals surface area contributed by atoms with Gasteiger partial charge in [-0.1, -0.05) is 0 Å². The second-order valence-electron chi connectivity index (χ2n) is 8.29. The van der Waals surface area contributed by atoms with Gasteiger partial charge in [0.15, 0.2) is 11.5 Å². The van der Waals surface area contributed by atoms with Crippen LogP contribution >= 0.6 is 0 Å². The van der Waals surface area contributed by atoms with E-state index in [2.05, 4.69) is 32.8 Å². The molecule has 166 valence electrons. The Bertz CT molecular complexity index is 1090. The van der Waals surface area contributed by atoms with Gasteiger partial charge < -0.3 is 25.0 Å². The summed E-state index contributed by atoms with van der Waals surface area (Å²) < 4.78 is 11.2. The Labute approximate surface area is 186 Å². The Kier molecular flexibility index (Phi) is 5.68. The lowest BCUT2D eigenvalue weighted by atomic mass is 9.96. The highest BCUT2D eigenvalue weighted by molar-refractivity contribution is 5.92. The van der Waals surface area contributed by atoms with Crippen molar-refractivity contribution in [1.29, 1.82) is 0 Å². The molecule has 0 bridgehead atoms. The zero-order valence-corrected chi connectivity index (χ0v) is 18.1. The number of likely N-dealkylation sites (tertiary alicyclic amines) is 1. The molecule has 2 aromatic carbocycles. The number of nitrogens with zero attached hydrogens (tertiary/aromatic N) is 2. The number of fused-ring (bicyclic) bond motifs is 1. The molecule has 8 heteroatoms. The van der Waals surface area contributed by atoms with E-state index in [1.54, 1.807) is 0 Å². The summed E-state index contributed by atoms with van der Waals surface area (Å²) in [4.78, 5) is 14.8. The number of ether oxygens (including phenoxy) is 2. The van der Waals surface area contributed by atoms with E-state index in [9.17, 15) is 4.79 Å². The zero-order chi connectivity index (χ0) is 21.9. The summed E-state index contributed by atoms with van der Waals surface area (Å²) >= 11 is 0. The molecule has 3 heterocycles. The van der Waals surface area contributed by atoms with Gasteiger partial charge >= 0.3 is 0 Å². The lowest BCUT2D eigenvalue weighted by Crippen LogP contribution is -2.35. The number of anilines is 3. The highest BCUT2D eigenvalue weighted by Crippen LogP contribution is 2.34. The van der Waals surface area contributed by atoms with E-state index in [4.69, 9.17) is 9.47 Å². The van der Waals surface area contributed by atoms with Crippen LogP contribution in [0.25, 0.3) is 11.3 Å². The normalized spacial score (nSPS) is 16.5. The fourth-order valence-corrected chi connectivity index (χ4v) is 4.04. The van der Waals surface area contributed by atoms with Gasteiger partial charge in [-0.25, -0.2) is 0 Å². The van der Waals surface area contributed by atoms with Gasteiger partial charge in [0.1, 0.15) is 19.0 Å². The Morgan fingerprint density at radius 2 is 1.72 bits per heavy atom. The standard InChI is InChI=1S/C24H27N5O3/c1-29-10-8-16(9-11-29)24(30)26-19-5-3-18(4-6-19)25-23-15-20(27-28-23)17-2-7-21-22(14-17)32-13-12-31-21/h2-7,14-16H,8-13H2,1H3,(H,26,30)(H2,25,27,28). The van der Waals surface area contributed by atoms with Gasteiger partial charge in [0.2, 0.25) is 5.91 Å². The number of aromatic amines is 1. The molecule has 0 radical (unpaired) electrons. The maximum Gasteiger partial charge on any atom is 0.227 e. The number of nitrogens with one attached hydrogen (secondary N) is 3. The predicted molar refractivity (Wildman–Crippen MR) is 124 cm³/mol. The van der Waals surface area contributed by atoms with Gasteiger partial charge in [0.05, 0.1) is 5.69 Å². The fraction of sp³-hybridized carbons (Fsp3) is 0.333. The predicted octanol–water partition coefficient (Wildman–Crippen LogP) is 3.87. The van der Waals surface area contributed by atoms with Crippen molar-refractivity contribution >= 4 is 23.1 Å². The second-order valence-corrected chi connectivity index (χ2v) is 8.29. The number of benzene rings is 2. The molecule has 1 amide bonds. The average molecular weight is 434 g/mol. The van der Waals surface area contributed by atoms with Gasteiger partial charge in [0.25, 0.3) is 0 Å². The van der Waals surface area contributed by atoms with Crippen molar-refractivity contribution in [1.82, 2.24) is 15.1 Å². The van der Waals surface area contributed by atoms with Crippen molar-refractivity contribution in [3.63, 3.8) is 0 Å². The van der Waals surface area contributed by atoms with Crippen LogP contribution in [-0.4, -0.2) is 54.4 Å². The van der Waals surface area contributed by atoms with Crippen LogP contribution in [0, 0.1) is 5.92 Å². The Hall–Kier alpha value is -3.52. The summed E-state index contributed by atoms with van der Waals surface area (Å²) in [6, 6.07) is 15.5. The summed E-state index contributed by atoms with van der Waals surface area (Å²) in [6.45, 7) is 3.07. The fourth-order valence-electron chi connectivity index (χ4n) is 4.04. The van der Waals surface area contributed by atoms with Crippen molar-refractivity contribution < 1.29 is 14.3 Å². The van der Waals surface area contributed by atoms with E-state index < -0.39 is 0 Å². The van der Waals surface area contributed by atoms with Gasteiger partial charge in [-0.05, 0) is 75.4 Å². The molecule has 8 nitrogen and oxygen atoms in total. The molecule has 3 aromatic rings. The third kappa shape index (κ3) is 4.55. The summed E-state index contributed by atoms with van der Waals surface area (Å²) in [5, 5.41) is 13.8. The summed E-state index contributed by atoms with van der Waals surface area (Å²) in [5.74, 6) is 2.48. The molecule has 1 fully saturated rings. The van der Waals surface area contributed by atoms with Crippen LogP contribution in [0.4, 0.5) is 17.2 Å². The first-order valence-electron chi connectivity index (χ1n) is 11.0. The van der Waals surface area contributed by atoms with Gasteiger partial charge in [-0.3, -0.25) is 9.89 Å². The van der Waals surface area contributed by atoms with Crippen LogP contribution in [0.15, 0.2) is 48.5 Å². The number of carbonyl (C=O) groups is 1. The molecule has 0 saturated carbocycles. The van der Waals surface area contributed by atoms with E-state index in [1.807, 2.05) is 48.5 Å². The van der Waals surface area contributed by atoms with E-state index in [-0.39, 0.29) is 11.8 Å². The molecule has 0 spiro atoms. The third-order valence-corrected chi connectivity index (χ3v) is 5.94. The van der Waals surface area contributed by atoms with Crippen molar-refractivity contribution in [2.24, 2.45) is 5.92 Å². The van der Waals surface area contributed by atoms with Crippen molar-refractivity contribution in [2.75, 3.05) is 44.0 Å². The molecule has 0 unspecified atom stereocenters. The quantitative estimate of drug-likeness (QED) is 0.566. The van der Waals surface area contributed by atoms with Crippen molar-refractivity contribution in [2.45, 2.75) is 12.8 Å². The van der Waals surface area contributed by atoms with Gasteiger partial charge in [0, 0.05) is 28.9 Å². The smallest absolute Gasteiger partial charge is 0.227 e. The first-order chi connectivity index (χ1) is 15.6. The van der Waals surface area contributed by atoms with E-state index in [0.717, 1.165) is 65.9 Å². The van der Waals surface area contributed by atoms with Crippen LogP contribution in [-0.2, 0) is 4.79 Å². The molecule has 1 aromatic heterocycles. The highest BCUT2D eigenvalue weighted by Gasteiger charge is 2.23. The number of hydrogen-bond donors (Lipinski definition) is 3. The number of hydrogen-bond acceptors (Lipinski definition) is 6. The van der Waals surface area contributed by atoms with Gasteiger partial charge in [-0.15, -0.1) is 0 Å². The molecule has 2 aliphatic heterocycles. The lowest BCUT2D eigenvalue weighted by molar-refractivity contribution is -0.121. The summed E-state index contributed by atoms with van der Waals surface area (Å²) in [5.41, 5.74) is 3.47. The molecule has 32 heavy (non-hydrogen) atoms. The number of carbonyl (C=O) groups excluding carboxylic acids is 1. The molecule has 1 saturated heterocycles. The van der Waals surface area contributed by atoms with Gasteiger partial charge in [-0.2, -0.15) is 5.10 Å². The van der Waals surface area contributed by atoms with Crippen LogP contribution in [0.3, 0.4) is 0 Å². The van der Waals surface area contributed by atoms with Crippen LogP contribution in [0.2, 0.25) is 0 Å². The molecule has 5 rings (SSSR count). The van der Waals surface area contributed by atoms with E-state index in [0.29, 0.717) is 13.2 Å². The maximum atomic E-state index is 12.5. The number of H-pyrrole nitrogens is 1. The molecular weight excluding hydrogens is 406 g/mol. The number of aromatic nitrogens is 2. The zero-order valence-electron chi connectivity index (χ0n) is 18.1. The van der Waals surface area contributed by atoms with Crippen molar-refractivity contribution in [3.8, 4) is 22.8 Å². The molecule has 0 aliphatic carbocycles. The molecule has 2 aliphatic rings. The number of amides is 1. The molecule has 3 N–H and O–H groups in total. The largest absolute Gasteiger partial charge is 0.486 e. The summed E-state index contributed by atoms with van der Waals surface area (Å²) in [7, 11) is 2.10. The minimum absolute atomic E-state index is 0.0907. The molecular formula is C24H27N5O3. The number of piperidine rings is 1. The van der Waals surface area contributed by atoms with Crippen molar-refractivity contribution in [3.05, 3.63) is 48.5 Å². The Balaban J connectivity index is 1.20. The van der Waals surface area contributed by atoms with Crippen LogP contribution in [0.1, 0.15) is 12.8 Å². The first kappa shape index (κ1) is 20.4. The number of rotatable bonds is 5. The maximum absolute atomic E-state index is 12.5. The Morgan fingerprint density at radius 1 is 1.00 bits per heavy atom. The van der Waals surface area contributed by atoms with E-state index >= 15 is 0 Å². The molecule has 0 atom stereocenters. The lowest BCUT2D eigenvalue weighted by Gasteiger charge is -2.28. The topological polar surface area (TPSA) is 91.5 Å². The second kappa shape index (κ2) is 8.92. The van der Waals surface area contributed by atoms with Crippen LogP contribution < -0.4 is 20.1 Å². The van der Waals surface area contributed by atoms with E-state index in [1.165, 1.54) is 0 Å². The first-order valence-corrected chi connectivity index (χ1v) is 11.0. The average Bonchev–Trinajstić information content (AvgIpc) is 3.29. The third-order valence-electron chi connectivity index (χ3n) is 5.94. The monoisotopic (exact) mass is 433 g/mol. The SMILES string of the molecule is CN1CCC(C(=O)Nc2ccc(Nc3cc(-c4ccc5c(c4)OCCO5)n[nH]3)cc2)CC1. The van der Waals surface area contributed by atoms with Crippen LogP contribution in [0.5, 0.6) is 11.5 Å². The summed E-state index contributed by atoms with van der Waals surface area (Å²) in [6.07, 6.45) is 1.82.